The molecule has 0 bridgehead atoms. The van der Waals surface area contributed by atoms with Crippen LogP contribution in [0.1, 0.15) is 13.8 Å². The van der Waals surface area contributed by atoms with Crippen LogP contribution in [0.15, 0.2) is 22.9 Å². The van der Waals surface area contributed by atoms with Crippen LogP contribution in [0.25, 0.3) is 0 Å². The standard InChI is InChI=1S/C7H11ClO2/c1-5(8)3-7(10)4-6(2)9/h3-4,6,9-10H,1-2H3/b5-3+,7-4+/t6-/m1/s1. The van der Waals surface area contributed by atoms with Gasteiger partial charge in [-0.1, -0.05) is 11.6 Å². The van der Waals surface area contributed by atoms with Gasteiger partial charge < -0.3 is 10.2 Å². The van der Waals surface area contributed by atoms with Crippen LogP contribution in [0.5, 0.6) is 0 Å². The third-order valence-electron chi connectivity index (χ3n) is 0.759. The highest BCUT2D eigenvalue weighted by Gasteiger charge is 1.91. The predicted octanol–water partition coefficient (Wildman–Crippen LogP) is 1.95. The van der Waals surface area contributed by atoms with Crippen molar-refractivity contribution in [2.75, 3.05) is 0 Å². The fourth-order valence-electron chi connectivity index (χ4n) is 0.499. The molecule has 2 nitrogen and oxygen atoms in total. The van der Waals surface area contributed by atoms with Crippen LogP contribution < -0.4 is 0 Å². The van der Waals surface area contributed by atoms with Crippen molar-refractivity contribution in [1.82, 2.24) is 0 Å². The maximum atomic E-state index is 8.93. The molecule has 0 fully saturated rings. The summed E-state index contributed by atoms with van der Waals surface area (Å²) in [4.78, 5) is 0. The summed E-state index contributed by atoms with van der Waals surface area (Å²) in [7, 11) is 0. The maximum absolute atomic E-state index is 8.93. The van der Waals surface area contributed by atoms with Crippen LogP contribution in [0.3, 0.4) is 0 Å². The van der Waals surface area contributed by atoms with Gasteiger partial charge in [-0.15, -0.1) is 0 Å². The zero-order valence-corrected chi connectivity index (χ0v) is 6.76. The first-order chi connectivity index (χ1) is 4.52. The fourth-order valence-corrected chi connectivity index (χ4v) is 0.611. The van der Waals surface area contributed by atoms with E-state index < -0.39 is 6.10 Å². The molecule has 0 aromatic heterocycles. The average molecular weight is 163 g/mol. The maximum Gasteiger partial charge on any atom is 0.115 e. The van der Waals surface area contributed by atoms with Crippen molar-refractivity contribution < 1.29 is 10.2 Å². The number of aliphatic hydroxyl groups is 2. The summed E-state index contributed by atoms with van der Waals surface area (Å²) in [6.07, 6.45) is 2.02. The highest BCUT2D eigenvalue weighted by molar-refractivity contribution is 6.29. The molecule has 0 unspecified atom stereocenters. The van der Waals surface area contributed by atoms with Gasteiger partial charge in [0.2, 0.25) is 0 Å². The molecule has 0 aliphatic carbocycles. The summed E-state index contributed by atoms with van der Waals surface area (Å²) in [6, 6.07) is 0. The molecule has 0 aliphatic heterocycles. The molecule has 0 saturated heterocycles. The fraction of sp³-hybridized carbons (Fsp3) is 0.429. The average Bonchev–Trinajstić information content (AvgIpc) is 1.58. The van der Waals surface area contributed by atoms with Gasteiger partial charge >= 0.3 is 0 Å². The topological polar surface area (TPSA) is 40.5 Å². The summed E-state index contributed by atoms with van der Waals surface area (Å²) in [5.74, 6) is -0.0116. The molecule has 0 radical (unpaired) electrons. The summed E-state index contributed by atoms with van der Waals surface area (Å²) in [5, 5.41) is 18.1. The van der Waals surface area contributed by atoms with Crippen LogP contribution >= 0.6 is 11.6 Å². The largest absolute Gasteiger partial charge is 0.508 e. The Labute approximate surface area is 65.4 Å². The van der Waals surface area contributed by atoms with Crippen molar-refractivity contribution in [2.45, 2.75) is 20.0 Å². The van der Waals surface area contributed by atoms with E-state index in [9.17, 15) is 0 Å². The number of allylic oxidation sites excluding steroid dienone is 2. The summed E-state index contributed by atoms with van der Waals surface area (Å²) in [6.45, 7) is 3.20. The molecule has 10 heavy (non-hydrogen) atoms. The summed E-state index contributed by atoms with van der Waals surface area (Å²) < 4.78 is 0. The van der Waals surface area contributed by atoms with Crippen LogP contribution in [0.4, 0.5) is 0 Å². The Hall–Kier alpha value is -0.470. The van der Waals surface area contributed by atoms with E-state index in [4.69, 9.17) is 21.8 Å². The smallest absolute Gasteiger partial charge is 0.115 e. The zero-order valence-electron chi connectivity index (χ0n) is 6.00. The molecule has 0 saturated carbocycles. The van der Waals surface area contributed by atoms with Gasteiger partial charge in [0.15, 0.2) is 0 Å². The molecule has 0 aliphatic rings. The normalized spacial score (nSPS) is 17.2. The number of aliphatic hydroxyl groups excluding tert-OH is 2. The summed E-state index contributed by atoms with van der Waals surface area (Å²) in [5.41, 5.74) is 0. The lowest BCUT2D eigenvalue weighted by molar-refractivity contribution is 0.238. The highest BCUT2D eigenvalue weighted by Crippen LogP contribution is 2.03. The first-order valence-electron chi connectivity index (χ1n) is 2.95. The van der Waals surface area contributed by atoms with E-state index in [2.05, 4.69) is 0 Å². The molecule has 3 heteroatoms. The number of halogens is 1. The molecule has 0 rings (SSSR count). The molecule has 0 aromatic carbocycles. The van der Waals surface area contributed by atoms with Gasteiger partial charge in [0.1, 0.15) is 5.76 Å². The highest BCUT2D eigenvalue weighted by atomic mass is 35.5. The van der Waals surface area contributed by atoms with Crippen molar-refractivity contribution in [1.29, 1.82) is 0 Å². The Morgan fingerprint density at radius 1 is 1.60 bits per heavy atom. The van der Waals surface area contributed by atoms with E-state index in [1.165, 1.54) is 12.2 Å². The predicted molar refractivity (Wildman–Crippen MR) is 42.0 cm³/mol. The van der Waals surface area contributed by atoms with E-state index in [1.54, 1.807) is 13.8 Å². The van der Waals surface area contributed by atoms with Gasteiger partial charge in [0.05, 0.1) is 6.10 Å². The van der Waals surface area contributed by atoms with Crippen molar-refractivity contribution >= 4 is 11.6 Å². The Kier molecular flexibility index (Phi) is 4.16. The lowest BCUT2D eigenvalue weighted by Crippen LogP contribution is -1.94. The van der Waals surface area contributed by atoms with Crippen LogP contribution in [-0.4, -0.2) is 16.3 Å². The Bertz CT molecular complexity index is 155. The quantitative estimate of drug-likeness (QED) is 0.481. The molecule has 58 valence electrons. The number of hydrogen-bond donors (Lipinski definition) is 2. The lowest BCUT2D eigenvalue weighted by Gasteiger charge is -1.95. The van der Waals surface area contributed by atoms with E-state index in [0.717, 1.165) is 0 Å². The third kappa shape index (κ3) is 5.66. The van der Waals surface area contributed by atoms with Gasteiger partial charge in [0.25, 0.3) is 0 Å². The second-order valence-electron chi connectivity index (χ2n) is 2.06. The lowest BCUT2D eigenvalue weighted by atomic mass is 10.3. The minimum Gasteiger partial charge on any atom is -0.508 e. The first kappa shape index (κ1) is 9.53. The minimum absolute atomic E-state index is 0.0116. The Balaban J connectivity index is 4.08. The molecule has 2 N–H and O–H groups in total. The first-order valence-corrected chi connectivity index (χ1v) is 3.33. The minimum atomic E-state index is -0.646. The van der Waals surface area contributed by atoms with E-state index in [0.29, 0.717) is 5.03 Å². The number of hydrogen-bond acceptors (Lipinski definition) is 2. The number of rotatable bonds is 2. The monoisotopic (exact) mass is 162 g/mol. The van der Waals surface area contributed by atoms with Crippen molar-refractivity contribution in [3.8, 4) is 0 Å². The molecule has 0 aromatic rings. The van der Waals surface area contributed by atoms with E-state index >= 15 is 0 Å². The van der Waals surface area contributed by atoms with Crippen LogP contribution in [0, 0.1) is 0 Å². The second kappa shape index (κ2) is 4.36. The summed E-state index contributed by atoms with van der Waals surface area (Å²) >= 11 is 5.43. The zero-order chi connectivity index (χ0) is 8.15. The van der Waals surface area contributed by atoms with Gasteiger partial charge in [0, 0.05) is 5.03 Å². The van der Waals surface area contributed by atoms with Gasteiger partial charge in [-0.3, -0.25) is 0 Å². The second-order valence-corrected chi connectivity index (χ2v) is 2.66. The van der Waals surface area contributed by atoms with Crippen molar-refractivity contribution in [3.63, 3.8) is 0 Å². The molecule has 0 amide bonds. The van der Waals surface area contributed by atoms with Crippen molar-refractivity contribution in [2.24, 2.45) is 0 Å². The van der Waals surface area contributed by atoms with Crippen LogP contribution in [-0.2, 0) is 0 Å². The molecule has 1 atom stereocenters. The van der Waals surface area contributed by atoms with Gasteiger partial charge in [-0.05, 0) is 26.0 Å². The van der Waals surface area contributed by atoms with E-state index in [-0.39, 0.29) is 5.76 Å². The molecule has 0 spiro atoms. The molecular formula is C7H11ClO2. The van der Waals surface area contributed by atoms with Crippen LogP contribution in [0.2, 0.25) is 0 Å². The molecular weight excluding hydrogens is 152 g/mol. The van der Waals surface area contributed by atoms with E-state index in [1.807, 2.05) is 0 Å². The third-order valence-corrected chi connectivity index (χ3v) is 0.868. The molecule has 0 heterocycles. The van der Waals surface area contributed by atoms with Crippen molar-refractivity contribution in [3.05, 3.63) is 22.9 Å². The van der Waals surface area contributed by atoms with Gasteiger partial charge in [-0.2, -0.15) is 0 Å². The Morgan fingerprint density at radius 2 is 2.10 bits per heavy atom. The SMILES string of the molecule is C/C(Cl)=C\C(O)=C/[C@@H](C)O. The van der Waals surface area contributed by atoms with Gasteiger partial charge in [-0.25, -0.2) is 0 Å². The Morgan fingerprint density at radius 3 is 2.40 bits per heavy atom.